The second-order valence-corrected chi connectivity index (χ2v) is 10.5. The second-order valence-electron chi connectivity index (χ2n) is 9.87. The fourth-order valence-electron chi connectivity index (χ4n) is 5.15. The summed E-state index contributed by atoms with van der Waals surface area (Å²) in [6.07, 6.45) is 4.71. The molecule has 2 aromatic carbocycles. The van der Waals surface area contributed by atoms with Crippen molar-refractivity contribution in [3.05, 3.63) is 52.6 Å². The number of piperazine rings is 1. The largest absolute Gasteiger partial charge is 0.398 e. The number of carbonyl (C=O) groups is 2. The van der Waals surface area contributed by atoms with Crippen LogP contribution in [0.25, 0.3) is 22.2 Å². The van der Waals surface area contributed by atoms with Gasteiger partial charge in [-0.15, -0.1) is 9.24 Å². The van der Waals surface area contributed by atoms with E-state index in [4.69, 9.17) is 16.1 Å². The first-order valence-electron chi connectivity index (χ1n) is 14.1. The summed E-state index contributed by atoms with van der Waals surface area (Å²) >= 11 is 0. The Labute approximate surface area is 239 Å². The van der Waals surface area contributed by atoms with Crippen LogP contribution < -0.4 is 11.0 Å². The number of aromatic nitrogens is 1. The van der Waals surface area contributed by atoms with E-state index >= 15 is 0 Å². The van der Waals surface area contributed by atoms with Gasteiger partial charge in [0.05, 0.1) is 17.3 Å². The number of nitrogens with zero attached hydrogens (tertiary/aromatic N) is 3. The number of nitrogen functional groups attached to an aromatic ring is 1. The summed E-state index contributed by atoms with van der Waals surface area (Å²) in [7, 11) is 2.70. The van der Waals surface area contributed by atoms with E-state index in [-0.39, 0.29) is 5.91 Å². The Morgan fingerprint density at radius 1 is 1.15 bits per heavy atom. The molecule has 2 aliphatic rings. The summed E-state index contributed by atoms with van der Waals surface area (Å²) in [5, 5.41) is 20.1. The number of rotatable bonds is 4. The highest BCUT2D eigenvalue weighted by Crippen LogP contribution is 2.37. The summed E-state index contributed by atoms with van der Waals surface area (Å²) < 4.78 is 0. The number of aliphatic hydroxyl groups is 1. The topological polar surface area (TPSA) is 124 Å². The van der Waals surface area contributed by atoms with Crippen molar-refractivity contribution >= 4 is 49.7 Å². The first-order chi connectivity index (χ1) is 19.3. The molecule has 1 saturated heterocycles. The summed E-state index contributed by atoms with van der Waals surface area (Å²) in [6, 6.07) is 9.26. The molecule has 5 rings (SSSR count). The van der Waals surface area contributed by atoms with Crippen LogP contribution in [0.15, 0.2) is 30.3 Å². The molecular formula is C31H42N5O3P. The van der Waals surface area contributed by atoms with Crippen LogP contribution in [0.4, 0.5) is 5.69 Å². The van der Waals surface area contributed by atoms with Crippen molar-refractivity contribution in [2.24, 2.45) is 0 Å². The molecule has 4 N–H and O–H groups in total. The quantitative estimate of drug-likeness (QED) is 0.190. The lowest BCUT2D eigenvalue weighted by atomic mass is 9.83. The molecule has 1 aliphatic heterocycles. The minimum atomic E-state index is -0.452. The highest BCUT2D eigenvalue weighted by atomic mass is 31.0. The van der Waals surface area contributed by atoms with Gasteiger partial charge in [0.2, 0.25) is 6.41 Å². The Kier molecular flexibility index (Phi) is 11.2. The van der Waals surface area contributed by atoms with E-state index < -0.39 is 6.10 Å². The normalized spacial score (nSPS) is 16.2. The van der Waals surface area contributed by atoms with Crippen molar-refractivity contribution in [1.29, 1.82) is 5.41 Å². The maximum Gasteiger partial charge on any atom is 0.253 e. The Morgan fingerprint density at radius 2 is 1.77 bits per heavy atom. The van der Waals surface area contributed by atoms with Gasteiger partial charge in [-0.2, -0.15) is 0 Å². The zero-order valence-corrected chi connectivity index (χ0v) is 25.2. The molecule has 2 atom stereocenters. The molecular weight excluding hydrogens is 521 g/mol. The molecule has 3 aromatic rings. The van der Waals surface area contributed by atoms with Crippen LogP contribution in [0.3, 0.4) is 0 Å². The number of hydrogen-bond acceptors (Lipinski definition) is 6. The molecule has 1 aromatic heterocycles. The highest BCUT2D eigenvalue weighted by molar-refractivity contribution is 7.28. The number of pyridine rings is 1. The lowest BCUT2D eigenvalue weighted by Crippen LogP contribution is -2.48. The standard InChI is InChI=1S/C26H28N5O3P.C3H8.C2H6/c27-13-20-21(28)12-22(35)25-23(20)18-6-5-17(33)11-19(18)24(29-25)15-1-3-16(4-2-15)26(34)31-9-7-30(14-32)8-10-31;1-3-2;1-2/h1-4,12-14,17,27,33H,5-11,28,35H2;3H2,1-2H3;1-2H3. The zero-order chi connectivity index (χ0) is 29.4. The van der Waals surface area contributed by atoms with E-state index in [1.165, 1.54) is 12.6 Å². The fraction of sp³-hybridized carbons (Fsp3) is 0.419. The summed E-state index contributed by atoms with van der Waals surface area (Å²) in [5.41, 5.74) is 12.5. The maximum atomic E-state index is 13.0. The van der Waals surface area contributed by atoms with Crippen LogP contribution in [-0.2, 0) is 17.6 Å². The van der Waals surface area contributed by atoms with E-state index in [9.17, 15) is 14.7 Å². The van der Waals surface area contributed by atoms with Crippen molar-refractivity contribution in [2.45, 2.75) is 59.5 Å². The highest BCUT2D eigenvalue weighted by Gasteiger charge is 2.27. The van der Waals surface area contributed by atoms with Crippen LogP contribution in [0.2, 0.25) is 0 Å². The number of fused-ring (bicyclic) bond motifs is 3. The molecule has 0 saturated carbocycles. The maximum absolute atomic E-state index is 13.0. The predicted molar refractivity (Wildman–Crippen MR) is 168 cm³/mol. The van der Waals surface area contributed by atoms with Crippen LogP contribution in [0.1, 0.15) is 67.6 Å². The van der Waals surface area contributed by atoms with Gasteiger partial charge in [-0.1, -0.05) is 46.2 Å². The SMILES string of the molecule is CC.CCC.N=Cc1c(N)cc(P)c2nc(-c3ccc(C(=O)N4CCN(C=O)CC4)cc3)c3c(c12)CCC(O)C3. The average Bonchev–Trinajstić information content (AvgIpc) is 2.98. The number of aliphatic hydroxyl groups excluding tert-OH is 1. The van der Waals surface area contributed by atoms with Gasteiger partial charge < -0.3 is 26.0 Å². The number of anilines is 1. The minimum Gasteiger partial charge on any atom is -0.398 e. The van der Waals surface area contributed by atoms with Crippen molar-refractivity contribution in [3.8, 4) is 11.3 Å². The van der Waals surface area contributed by atoms with E-state index in [1.807, 2.05) is 44.2 Å². The molecule has 0 bridgehead atoms. The summed E-state index contributed by atoms with van der Waals surface area (Å²) in [5.74, 6) is -0.0515. The van der Waals surface area contributed by atoms with Crippen molar-refractivity contribution in [2.75, 3.05) is 31.9 Å². The van der Waals surface area contributed by atoms with Crippen LogP contribution >= 0.6 is 9.24 Å². The minimum absolute atomic E-state index is 0.0515. The predicted octanol–water partition coefficient (Wildman–Crippen LogP) is 4.19. The van der Waals surface area contributed by atoms with E-state index in [1.54, 1.807) is 9.80 Å². The summed E-state index contributed by atoms with van der Waals surface area (Å²) in [6.45, 7) is 10.4. The van der Waals surface area contributed by atoms with Gasteiger partial charge in [0.25, 0.3) is 5.91 Å². The second kappa shape index (κ2) is 14.3. The molecule has 1 fully saturated rings. The Hall–Kier alpha value is -3.35. The molecule has 1 aliphatic carbocycles. The van der Waals surface area contributed by atoms with E-state index in [0.29, 0.717) is 62.3 Å². The van der Waals surface area contributed by atoms with Crippen LogP contribution in [0, 0.1) is 5.41 Å². The van der Waals surface area contributed by atoms with Gasteiger partial charge in [-0.25, -0.2) is 4.98 Å². The number of nitrogens with two attached hydrogens (primary N) is 1. The molecule has 2 heterocycles. The third-order valence-corrected chi connectivity index (χ3v) is 7.48. The first-order valence-corrected chi connectivity index (χ1v) is 14.7. The van der Waals surface area contributed by atoms with Crippen molar-refractivity contribution in [1.82, 2.24) is 14.8 Å². The Bertz CT molecular complexity index is 1350. The molecule has 40 heavy (non-hydrogen) atoms. The monoisotopic (exact) mass is 563 g/mol. The average molecular weight is 564 g/mol. The molecule has 214 valence electrons. The lowest BCUT2D eigenvalue weighted by molar-refractivity contribution is -0.119. The molecule has 2 unspecified atom stereocenters. The van der Waals surface area contributed by atoms with Gasteiger partial charge in [0.15, 0.2) is 0 Å². The molecule has 9 heteroatoms. The van der Waals surface area contributed by atoms with Crippen LogP contribution in [0.5, 0.6) is 0 Å². The third-order valence-electron chi connectivity index (χ3n) is 7.04. The zero-order valence-electron chi connectivity index (χ0n) is 24.0. The molecule has 8 nitrogen and oxygen atoms in total. The van der Waals surface area contributed by atoms with Gasteiger partial charge in [-0.05, 0) is 47.5 Å². The number of aryl methyl sites for hydroxylation is 1. The first kappa shape index (κ1) is 31.2. The van der Waals surface area contributed by atoms with E-state index in [2.05, 4.69) is 23.1 Å². The Morgan fingerprint density at radius 3 is 2.35 bits per heavy atom. The number of hydrogen-bond donors (Lipinski definition) is 3. The smallest absolute Gasteiger partial charge is 0.253 e. The third kappa shape index (κ3) is 6.51. The van der Waals surface area contributed by atoms with Crippen molar-refractivity contribution in [3.63, 3.8) is 0 Å². The van der Waals surface area contributed by atoms with Gasteiger partial charge >= 0.3 is 0 Å². The number of benzene rings is 2. The number of nitrogens with one attached hydrogen (secondary N) is 1. The van der Waals surface area contributed by atoms with Crippen molar-refractivity contribution < 1.29 is 14.7 Å². The van der Waals surface area contributed by atoms with Gasteiger partial charge in [0, 0.05) is 66.6 Å². The summed E-state index contributed by atoms with van der Waals surface area (Å²) in [4.78, 5) is 32.4. The van der Waals surface area contributed by atoms with E-state index in [0.717, 1.165) is 45.0 Å². The Balaban J connectivity index is 0.000000827. The fourth-order valence-corrected chi connectivity index (χ4v) is 5.54. The van der Waals surface area contributed by atoms with Gasteiger partial charge in [0.1, 0.15) is 0 Å². The van der Waals surface area contributed by atoms with Gasteiger partial charge in [-0.3, -0.25) is 9.59 Å². The number of carbonyl (C=O) groups excluding carboxylic acids is 2. The number of amides is 2. The molecule has 2 amide bonds. The van der Waals surface area contributed by atoms with Crippen LogP contribution in [-0.4, -0.2) is 70.7 Å². The lowest BCUT2D eigenvalue weighted by Gasteiger charge is -2.32. The molecule has 0 radical (unpaired) electrons. The molecule has 0 spiro atoms.